The first kappa shape index (κ1) is 11.4. The van der Waals surface area contributed by atoms with E-state index in [4.69, 9.17) is 0 Å². The third-order valence-corrected chi connectivity index (χ3v) is 3.84. The lowest BCUT2D eigenvalue weighted by Gasteiger charge is -2.33. The average Bonchev–Trinajstić information content (AvgIpc) is 2.44. The Morgan fingerprint density at radius 3 is 2.31 bits per heavy atom. The van der Waals surface area contributed by atoms with Crippen molar-refractivity contribution in [3.63, 3.8) is 0 Å². The maximum Gasteiger partial charge on any atom is 0.325 e. The molecule has 0 aromatic heterocycles. The Bertz CT molecular complexity index is 317. The summed E-state index contributed by atoms with van der Waals surface area (Å²) in [5.74, 6) is 0.655. The summed E-state index contributed by atoms with van der Waals surface area (Å²) in [6, 6.07) is -0.263. The second-order valence-electron chi connectivity index (χ2n) is 5.46. The zero-order valence-corrected chi connectivity index (χ0v) is 10.2. The molecule has 0 atom stereocenters. The monoisotopic (exact) mass is 224 g/mol. The number of carbonyl (C=O) groups excluding carboxylic acids is 2. The lowest BCUT2D eigenvalue weighted by molar-refractivity contribution is -0.133. The van der Waals surface area contributed by atoms with Crippen LogP contribution in [0.4, 0.5) is 4.79 Å². The van der Waals surface area contributed by atoms with Crippen LogP contribution >= 0.6 is 0 Å². The van der Waals surface area contributed by atoms with Crippen molar-refractivity contribution in [2.45, 2.75) is 58.0 Å². The molecule has 2 fully saturated rings. The van der Waals surface area contributed by atoms with Gasteiger partial charge in [0.15, 0.2) is 0 Å². The van der Waals surface area contributed by atoms with Crippen molar-refractivity contribution < 1.29 is 9.59 Å². The van der Waals surface area contributed by atoms with Gasteiger partial charge in [-0.25, -0.2) is 4.79 Å². The summed E-state index contributed by atoms with van der Waals surface area (Å²) in [4.78, 5) is 25.4. The van der Waals surface area contributed by atoms with Crippen molar-refractivity contribution in [2.24, 2.45) is 5.92 Å². The second kappa shape index (κ2) is 3.75. The first-order chi connectivity index (χ1) is 7.46. The van der Waals surface area contributed by atoms with E-state index >= 15 is 0 Å². The van der Waals surface area contributed by atoms with E-state index in [0.29, 0.717) is 5.92 Å². The molecule has 3 amide bonds. The van der Waals surface area contributed by atoms with Gasteiger partial charge in [0.2, 0.25) is 0 Å². The summed E-state index contributed by atoms with van der Waals surface area (Å²) in [5, 5.41) is 2.91. The van der Waals surface area contributed by atoms with E-state index in [9.17, 15) is 9.59 Å². The molecule has 1 aliphatic carbocycles. The van der Waals surface area contributed by atoms with E-state index < -0.39 is 5.54 Å². The molecule has 0 aromatic carbocycles. The number of urea groups is 1. The fourth-order valence-electron chi connectivity index (χ4n) is 2.70. The molecule has 1 spiro atoms. The van der Waals surface area contributed by atoms with E-state index in [1.165, 1.54) is 4.90 Å². The van der Waals surface area contributed by atoms with E-state index in [-0.39, 0.29) is 18.0 Å². The molecule has 1 heterocycles. The van der Waals surface area contributed by atoms with Crippen molar-refractivity contribution >= 4 is 11.9 Å². The van der Waals surface area contributed by atoms with Crippen molar-refractivity contribution in [1.29, 1.82) is 0 Å². The first-order valence-electron chi connectivity index (χ1n) is 6.12. The van der Waals surface area contributed by atoms with Gasteiger partial charge in [0.05, 0.1) is 0 Å². The van der Waals surface area contributed by atoms with Gasteiger partial charge >= 0.3 is 6.03 Å². The Labute approximate surface area is 96.4 Å². The zero-order valence-electron chi connectivity index (χ0n) is 10.2. The molecule has 90 valence electrons. The van der Waals surface area contributed by atoms with Gasteiger partial charge in [-0.15, -0.1) is 0 Å². The Morgan fingerprint density at radius 1 is 1.31 bits per heavy atom. The van der Waals surface area contributed by atoms with Gasteiger partial charge in [-0.1, -0.05) is 6.92 Å². The lowest BCUT2D eigenvalue weighted by atomic mass is 9.77. The molecule has 4 heteroatoms. The second-order valence-corrected chi connectivity index (χ2v) is 5.46. The minimum atomic E-state index is -0.576. The van der Waals surface area contributed by atoms with Crippen LogP contribution in [-0.4, -0.2) is 28.4 Å². The normalized spacial score (nSPS) is 35.0. The van der Waals surface area contributed by atoms with Crippen molar-refractivity contribution in [3.8, 4) is 0 Å². The summed E-state index contributed by atoms with van der Waals surface area (Å²) in [5.41, 5.74) is -0.576. The van der Waals surface area contributed by atoms with E-state index in [2.05, 4.69) is 12.2 Å². The van der Waals surface area contributed by atoms with Crippen LogP contribution in [0, 0.1) is 5.92 Å². The standard InChI is InChI=1S/C12H20N2O2/c1-8(2)14-10(15)12(13-11(14)16)6-4-9(3)5-7-12/h8-9H,4-7H2,1-3H3,(H,13,16). The number of hydrogen-bond acceptors (Lipinski definition) is 2. The van der Waals surface area contributed by atoms with Crippen LogP contribution in [-0.2, 0) is 4.79 Å². The molecule has 1 saturated heterocycles. The lowest BCUT2D eigenvalue weighted by Crippen LogP contribution is -2.49. The van der Waals surface area contributed by atoms with E-state index in [1.54, 1.807) is 0 Å². The summed E-state index contributed by atoms with van der Waals surface area (Å²) in [6.07, 6.45) is 3.64. The number of imide groups is 1. The van der Waals surface area contributed by atoms with Crippen LogP contribution < -0.4 is 5.32 Å². The van der Waals surface area contributed by atoms with E-state index in [0.717, 1.165) is 25.7 Å². The summed E-state index contributed by atoms with van der Waals surface area (Å²) in [7, 11) is 0. The van der Waals surface area contributed by atoms with Crippen LogP contribution in [0.3, 0.4) is 0 Å². The van der Waals surface area contributed by atoms with Crippen molar-refractivity contribution in [1.82, 2.24) is 10.2 Å². The number of nitrogens with one attached hydrogen (secondary N) is 1. The van der Waals surface area contributed by atoms with Gasteiger partial charge in [0, 0.05) is 6.04 Å². The molecule has 0 unspecified atom stereocenters. The molecule has 1 aliphatic heterocycles. The number of hydrogen-bond donors (Lipinski definition) is 1. The molecular weight excluding hydrogens is 204 g/mol. The van der Waals surface area contributed by atoms with Crippen molar-refractivity contribution in [3.05, 3.63) is 0 Å². The molecule has 0 aromatic rings. The molecule has 1 N–H and O–H groups in total. The average molecular weight is 224 g/mol. The Kier molecular flexibility index (Phi) is 2.68. The van der Waals surface area contributed by atoms with Crippen LogP contribution in [0.25, 0.3) is 0 Å². The molecule has 16 heavy (non-hydrogen) atoms. The third-order valence-electron chi connectivity index (χ3n) is 3.84. The highest BCUT2D eigenvalue weighted by molar-refractivity contribution is 6.07. The van der Waals surface area contributed by atoms with Crippen LogP contribution in [0.15, 0.2) is 0 Å². The minimum Gasteiger partial charge on any atom is -0.323 e. The maximum atomic E-state index is 12.3. The number of amides is 3. The first-order valence-corrected chi connectivity index (χ1v) is 6.12. The van der Waals surface area contributed by atoms with Gasteiger partial charge in [-0.05, 0) is 45.4 Å². The quantitative estimate of drug-likeness (QED) is 0.691. The molecule has 1 saturated carbocycles. The highest BCUT2D eigenvalue weighted by Gasteiger charge is 2.52. The molecule has 2 aliphatic rings. The Morgan fingerprint density at radius 2 is 1.88 bits per heavy atom. The number of carbonyl (C=O) groups is 2. The predicted octanol–water partition coefficient (Wildman–Crippen LogP) is 1.90. The van der Waals surface area contributed by atoms with Crippen LogP contribution in [0.5, 0.6) is 0 Å². The molecule has 4 nitrogen and oxygen atoms in total. The third kappa shape index (κ3) is 1.60. The number of nitrogens with zero attached hydrogens (tertiary/aromatic N) is 1. The number of rotatable bonds is 1. The summed E-state index contributed by atoms with van der Waals surface area (Å²) >= 11 is 0. The topological polar surface area (TPSA) is 49.4 Å². The smallest absolute Gasteiger partial charge is 0.323 e. The van der Waals surface area contributed by atoms with Gasteiger partial charge in [0.25, 0.3) is 5.91 Å². The molecule has 0 bridgehead atoms. The largest absolute Gasteiger partial charge is 0.325 e. The molecule has 2 rings (SSSR count). The fraction of sp³-hybridized carbons (Fsp3) is 0.833. The molecule has 0 radical (unpaired) electrons. The molecular formula is C12H20N2O2. The van der Waals surface area contributed by atoms with Crippen LogP contribution in [0.2, 0.25) is 0 Å². The SMILES string of the molecule is CC1CCC2(CC1)NC(=O)N(C(C)C)C2=O. The highest BCUT2D eigenvalue weighted by atomic mass is 16.2. The maximum absolute atomic E-state index is 12.3. The summed E-state index contributed by atoms with van der Waals surface area (Å²) in [6.45, 7) is 5.96. The van der Waals surface area contributed by atoms with Gasteiger partial charge in [-0.2, -0.15) is 0 Å². The fourth-order valence-corrected chi connectivity index (χ4v) is 2.70. The van der Waals surface area contributed by atoms with Crippen molar-refractivity contribution in [2.75, 3.05) is 0 Å². The van der Waals surface area contributed by atoms with Crippen LogP contribution in [0.1, 0.15) is 46.5 Å². The predicted molar refractivity (Wildman–Crippen MR) is 60.9 cm³/mol. The minimum absolute atomic E-state index is 0.0144. The van der Waals surface area contributed by atoms with E-state index in [1.807, 2.05) is 13.8 Å². The van der Waals surface area contributed by atoms with Gasteiger partial charge < -0.3 is 5.32 Å². The van der Waals surface area contributed by atoms with Gasteiger partial charge in [0.1, 0.15) is 5.54 Å². The Hall–Kier alpha value is -1.06. The summed E-state index contributed by atoms with van der Waals surface area (Å²) < 4.78 is 0. The zero-order chi connectivity index (χ0) is 11.9. The Balaban J connectivity index is 2.19. The highest BCUT2D eigenvalue weighted by Crippen LogP contribution is 2.36. The van der Waals surface area contributed by atoms with Gasteiger partial charge in [-0.3, -0.25) is 9.69 Å².